The molecule has 0 saturated heterocycles. The molecule has 1 heterocycles. The van der Waals surface area contributed by atoms with Gasteiger partial charge in [-0.25, -0.2) is 14.8 Å². The number of halogens is 1. The molecule has 2 aromatic carbocycles. The summed E-state index contributed by atoms with van der Waals surface area (Å²) >= 11 is 6.21. The molecule has 0 aliphatic heterocycles. The molecule has 0 saturated carbocycles. The average Bonchev–Trinajstić information content (AvgIpc) is 2.76. The molecule has 0 spiro atoms. The topological polar surface area (TPSA) is 84.8 Å². The predicted octanol–water partition coefficient (Wildman–Crippen LogP) is 4.85. The molecule has 32 heavy (non-hydrogen) atoms. The number of carboxylic acids is 1. The largest absolute Gasteiger partial charge is 0.491 e. The number of likely N-dealkylation sites (N-methyl/N-ethyl adjacent to an activating group) is 1. The minimum absolute atomic E-state index is 0.000665. The van der Waals surface area contributed by atoms with Crippen molar-refractivity contribution in [3.8, 4) is 11.5 Å². The monoisotopic (exact) mass is 455 g/mol. The summed E-state index contributed by atoms with van der Waals surface area (Å²) in [6.07, 6.45) is 1.31. The van der Waals surface area contributed by atoms with Gasteiger partial charge in [-0.2, -0.15) is 0 Å². The number of carbonyl (C=O) groups is 1. The van der Waals surface area contributed by atoms with E-state index in [1.54, 1.807) is 0 Å². The number of aromatic carboxylic acids is 1. The normalized spacial score (nSPS) is 10.7. The van der Waals surface area contributed by atoms with E-state index in [-0.39, 0.29) is 12.2 Å². The maximum Gasteiger partial charge on any atom is 0.339 e. The lowest BCUT2D eigenvalue weighted by Gasteiger charge is -2.19. The fourth-order valence-electron chi connectivity index (χ4n) is 3.13. The molecule has 0 aliphatic carbocycles. The van der Waals surface area contributed by atoms with Crippen molar-refractivity contribution >= 4 is 23.5 Å². The first-order chi connectivity index (χ1) is 15.3. The third-order valence-electron chi connectivity index (χ3n) is 4.99. The molecule has 8 heteroatoms. The number of anilines is 1. The Bertz CT molecular complexity index is 1100. The van der Waals surface area contributed by atoms with Crippen LogP contribution in [0.15, 0.2) is 42.6 Å². The van der Waals surface area contributed by atoms with Gasteiger partial charge in [-0.3, -0.25) is 0 Å². The van der Waals surface area contributed by atoms with Crippen molar-refractivity contribution in [1.29, 1.82) is 0 Å². The fraction of sp³-hybridized carbons (Fsp3) is 0.292. The van der Waals surface area contributed by atoms with E-state index in [0.29, 0.717) is 35.6 Å². The van der Waals surface area contributed by atoms with Gasteiger partial charge >= 0.3 is 5.97 Å². The molecule has 0 amide bonds. The van der Waals surface area contributed by atoms with Gasteiger partial charge in [-0.05, 0) is 55.7 Å². The SMILES string of the molecule is Cc1ccccc1OCCN(C)c1ncc(C(=O)O)c(COc2cc(C)c(Cl)c(C)c2)n1. The Morgan fingerprint density at radius 3 is 2.44 bits per heavy atom. The average molecular weight is 456 g/mol. The van der Waals surface area contributed by atoms with E-state index >= 15 is 0 Å². The second-order valence-corrected chi connectivity index (χ2v) is 7.91. The number of ether oxygens (including phenoxy) is 2. The Morgan fingerprint density at radius 1 is 1.09 bits per heavy atom. The molecule has 1 N–H and O–H groups in total. The first-order valence-electron chi connectivity index (χ1n) is 10.1. The number of aryl methyl sites for hydroxylation is 3. The van der Waals surface area contributed by atoms with Gasteiger partial charge in [0.2, 0.25) is 5.95 Å². The van der Waals surface area contributed by atoms with Gasteiger partial charge in [0.25, 0.3) is 0 Å². The molecule has 0 atom stereocenters. The lowest BCUT2D eigenvalue weighted by molar-refractivity contribution is 0.0692. The number of benzene rings is 2. The van der Waals surface area contributed by atoms with Gasteiger partial charge < -0.3 is 19.5 Å². The van der Waals surface area contributed by atoms with Crippen LogP contribution in [0.2, 0.25) is 5.02 Å². The molecule has 0 bridgehead atoms. The van der Waals surface area contributed by atoms with Crippen LogP contribution in [0.3, 0.4) is 0 Å². The second-order valence-electron chi connectivity index (χ2n) is 7.53. The molecule has 7 nitrogen and oxygen atoms in total. The zero-order chi connectivity index (χ0) is 23.3. The Hall–Kier alpha value is -3.32. The smallest absolute Gasteiger partial charge is 0.339 e. The summed E-state index contributed by atoms with van der Waals surface area (Å²) < 4.78 is 11.7. The van der Waals surface area contributed by atoms with Crippen molar-refractivity contribution in [3.63, 3.8) is 0 Å². The minimum atomic E-state index is -1.11. The van der Waals surface area contributed by atoms with Crippen molar-refractivity contribution in [2.24, 2.45) is 0 Å². The first-order valence-corrected chi connectivity index (χ1v) is 10.5. The lowest BCUT2D eigenvalue weighted by Crippen LogP contribution is -2.26. The fourth-order valence-corrected chi connectivity index (χ4v) is 3.24. The van der Waals surface area contributed by atoms with Crippen molar-refractivity contribution in [2.45, 2.75) is 27.4 Å². The number of nitrogens with zero attached hydrogens (tertiary/aromatic N) is 3. The van der Waals surface area contributed by atoms with Gasteiger partial charge in [0, 0.05) is 18.3 Å². The first kappa shape index (κ1) is 23.3. The molecule has 0 unspecified atom stereocenters. The van der Waals surface area contributed by atoms with E-state index < -0.39 is 5.97 Å². The van der Waals surface area contributed by atoms with Gasteiger partial charge in [-0.15, -0.1) is 0 Å². The highest BCUT2D eigenvalue weighted by molar-refractivity contribution is 6.32. The number of rotatable bonds is 9. The van der Waals surface area contributed by atoms with Gasteiger partial charge in [0.1, 0.15) is 30.3 Å². The Morgan fingerprint density at radius 2 is 1.78 bits per heavy atom. The van der Waals surface area contributed by atoms with Crippen LogP contribution in [0.25, 0.3) is 0 Å². The summed E-state index contributed by atoms with van der Waals surface area (Å²) in [7, 11) is 1.83. The second kappa shape index (κ2) is 10.3. The van der Waals surface area contributed by atoms with Crippen LogP contribution < -0.4 is 14.4 Å². The van der Waals surface area contributed by atoms with E-state index in [4.69, 9.17) is 21.1 Å². The van der Waals surface area contributed by atoms with Crippen LogP contribution in [0, 0.1) is 20.8 Å². The highest BCUT2D eigenvalue weighted by atomic mass is 35.5. The third kappa shape index (κ3) is 5.68. The lowest BCUT2D eigenvalue weighted by atomic mass is 10.1. The van der Waals surface area contributed by atoms with Gasteiger partial charge in [0.05, 0.1) is 12.2 Å². The molecule has 3 rings (SSSR count). The molecule has 1 aromatic heterocycles. The highest BCUT2D eigenvalue weighted by Crippen LogP contribution is 2.26. The predicted molar refractivity (Wildman–Crippen MR) is 124 cm³/mol. The number of carboxylic acid groups (broad SMARTS) is 1. The highest BCUT2D eigenvalue weighted by Gasteiger charge is 2.17. The molecule has 0 fully saturated rings. The Kier molecular flexibility index (Phi) is 7.53. The number of para-hydroxylation sites is 1. The van der Waals surface area contributed by atoms with Crippen molar-refractivity contribution in [2.75, 3.05) is 25.1 Å². The van der Waals surface area contributed by atoms with Crippen LogP contribution in [0.5, 0.6) is 11.5 Å². The zero-order valence-corrected chi connectivity index (χ0v) is 19.3. The van der Waals surface area contributed by atoms with E-state index in [9.17, 15) is 9.90 Å². The van der Waals surface area contributed by atoms with Crippen LogP contribution in [0.4, 0.5) is 5.95 Å². The molecular weight excluding hydrogens is 430 g/mol. The Labute approximate surface area is 192 Å². The molecular formula is C24H26ClN3O4. The van der Waals surface area contributed by atoms with E-state index in [2.05, 4.69) is 9.97 Å². The van der Waals surface area contributed by atoms with Crippen molar-refractivity contribution < 1.29 is 19.4 Å². The summed E-state index contributed by atoms with van der Waals surface area (Å²) in [4.78, 5) is 22.1. The maximum absolute atomic E-state index is 11.6. The summed E-state index contributed by atoms with van der Waals surface area (Å²) in [5.74, 6) is 0.709. The van der Waals surface area contributed by atoms with Crippen LogP contribution in [-0.2, 0) is 6.61 Å². The van der Waals surface area contributed by atoms with Crippen molar-refractivity contribution in [3.05, 3.63) is 75.6 Å². The van der Waals surface area contributed by atoms with Gasteiger partial charge in [-0.1, -0.05) is 29.8 Å². The summed E-state index contributed by atoms with van der Waals surface area (Å²) in [6, 6.07) is 11.4. The summed E-state index contributed by atoms with van der Waals surface area (Å²) in [5, 5.41) is 10.2. The van der Waals surface area contributed by atoms with E-state index in [1.165, 1.54) is 6.20 Å². The van der Waals surface area contributed by atoms with Crippen LogP contribution in [-0.4, -0.2) is 41.2 Å². The molecule has 3 aromatic rings. The third-order valence-corrected chi connectivity index (χ3v) is 5.59. The summed E-state index contributed by atoms with van der Waals surface area (Å²) in [6.45, 7) is 6.72. The zero-order valence-electron chi connectivity index (χ0n) is 18.6. The number of aromatic nitrogens is 2. The number of hydrogen-bond donors (Lipinski definition) is 1. The maximum atomic E-state index is 11.6. The van der Waals surface area contributed by atoms with Crippen LogP contribution >= 0.6 is 11.6 Å². The quantitative estimate of drug-likeness (QED) is 0.493. The number of hydrogen-bond acceptors (Lipinski definition) is 6. The Balaban J connectivity index is 1.70. The van der Waals surface area contributed by atoms with E-state index in [1.807, 2.05) is 69.1 Å². The summed E-state index contributed by atoms with van der Waals surface area (Å²) in [5.41, 5.74) is 3.12. The molecule has 0 radical (unpaired) electrons. The minimum Gasteiger partial charge on any atom is -0.491 e. The molecule has 168 valence electrons. The molecule has 0 aliphatic rings. The van der Waals surface area contributed by atoms with E-state index in [0.717, 1.165) is 22.4 Å². The van der Waals surface area contributed by atoms with Crippen molar-refractivity contribution in [1.82, 2.24) is 9.97 Å². The standard InChI is InChI=1S/C24H26ClN3O4/c1-15-7-5-6-8-21(15)31-10-9-28(4)24-26-13-19(23(29)30)20(27-24)14-32-18-11-16(2)22(25)17(3)12-18/h5-8,11-13H,9-10,14H2,1-4H3,(H,29,30). The van der Waals surface area contributed by atoms with Crippen LogP contribution in [0.1, 0.15) is 32.7 Å². The van der Waals surface area contributed by atoms with Gasteiger partial charge in [0.15, 0.2) is 0 Å².